The number of benzene rings is 1. The Kier molecular flexibility index (Phi) is 5.31. The van der Waals surface area contributed by atoms with Gasteiger partial charge in [-0.25, -0.2) is 4.68 Å². The van der Waals surface area contributed by atoms with Crippen LogP contribution in [0, 0.1) is 5.92 Å². The lowest BCUT2D eigenvalue weighted by molar-refractivity contribution is -0.137. The van der Waals surface area contributed by atoms with E-state index in [1.54, 1.807) is 23.1 Å². The van der Waals surface area contributed by atoms with Crippen molar-refractivity contribution in [2.75, 3.05) is 13.1 Å². The number of nitrogens with zero attached hydrogens (tertiary/aromatic N) is 5. The van der Waals surface area contributed by atoms with E-state index in [1.807, 2.05) is 0 Å². The smallest absolute Gasteiger partial charge is 0.276 e. The number of hydrogen-bond donors (Lipinski definition) is 2. The summed E-state index contributed by atoms with van der Waals surface area (Å²) in [6.07, 6.45) is 4.29. The Hall–Kier alpha value is -4.09. The topological polar surface area (TPSA) is 147 Å². The van der Waals surface area contributed by atoms with Crippen molar-refractivity contribution in [2.24, 2.45) is 5.92 Å². The fourth-order valence-electron chi connectivity index (χ4n) is 5.63. The van der Waals surface area contributed by atoms with E-state index < -0.39 is 11.9 Å². The molecule has 2 aromatic rings. The summed E-state index contributed by atoms with van der Waals surface area (Å²) in [6.45, 7) is 1.31. The van der Waals surface area contributed by atoms with Gasteiger partial charge in [0.25, 0.3) is 11.8 Å². The number of imide groups is 1. The number of amides is 5. The number of carbonyl (C=O) groups is 5. The highest BCUT2D eigenvalue weighted by Gasteiger charge is 2.40. The molecule has 0 aliphatic carbocycles. The lowest BCUT2D eigenvalue weighted by atomic mass is 9.99. The molecule has 0 bridgehead atoms. The van der Waals surface area contributed by atoms with Crippen molar-refractivity contribution in [1.82, 2.24) is 35.4 Å². The molecule has 4 aliphatic rings. The number of rotatable bonds is 3. The van der Waals surface area contributed by atoms with Crippen molar-refractivity contribution >= 4 is 29.5 Å². The average Bonchev–Trinajstić information content (AvgIpc) is 3.55. The van der Waals surface area contributed by atoms with Crippen LogP contribution in [0.3, 0.4) is 0 Å². The maximum Gasteiger partial charge on any atom is 0.276 e. The van der Waals surface area contributed by atoms with Gasteiger partial charge >= 0.3 is 0 Å². The summed E-state index contributed by atoms with van der Waals surface area (Å²) in [5, 5.41) is 13.5. The number of hydrogen-bond acceptors (Lipinski definition) is 7. The van der Waals surface area contributed by atoms with Gasteiger partial charge in [-0.05, 0) is 42.9 Å². The van der Waals surface area contributed by atoms with Crippen LogP contribution in [0.2, 0.25) is 0 Å². The molecular formula is C24H25N7O5. The minimum Gasteiger partial charge on any atom is -0.351 e. The van der Waals surface area contributed by atoms with Crippen LogP contribution in [0.1, 0.15) is 58.5 Å². The van der Waals surface area contributed by atoms with E-state index in [0.717, 1.165) is 18.4 Å². The van der Waals surface area contributed by atoms with E-state index in [1.165, 1.54) is 15.8 Å². The molecule has 2 N–H and O–H groups in total. The normalized spacial score (nSPS) is 25.8. The zero-order valence-electron chi connectivity index (χ0n) is 19.5. The van der Waals surface area contributed by atoms with Gasteiger partial charge in [-0.15, -0.1) is 5.10 Å². The predicted molar refractivity (Wildman–Crippen MR) is 123 cm³/mol. The van der Waals surface area contributed by atoms with Gasteiger partial charge in [0.2, 0.25) is 17.7 Å². The summed E-state index contributed by atoms with van der Waals surface area (Å²) >= 11 is 0. The van der Waals surface area contributed by atoms with E-state index in [-0.39, 0.29) is 54.2 Å². The minimum atomic E-state index is -0.681. The van der Waals surface area contributed by atoms with Crippen LogP contribution < -0.4 is 10.6 Å². The molecule has 1 aromatic carbocycles. The van der Waals surface area contributed by atoms with E-state index in [9.17, 15) is 24.0 Å². The standard InChI is InChI=1S/C24H25N7O5/c32-20-3-1-2-14-9-29(11-17(14)25-20)24(36)18-12-31(28-27-18)15-5-4-13-10-30(23(35)16(13)8-15)19-6-7-21(33)26-22(19)34/h4-5,8,12,14,17,19H,1-3,6-7,9-11H2,(H,25,32)(H,26,33,34). The van der Waals surface area contributed by atoms with Crippen LogP contribution in [-0.4, -0.2) is 79.5 Å². The molecule has 0 radical (unpaired) electrons. The van der Waals surface area contributed by atoms with Gasteiger partial charge in [0, 0.05) is 38.0 Å². The van der Waals surface area contributed by atoms with Gasteiger partial charge in [0.05, 0.1) is 17.9 Å². The van der Waals surface area contributed by atoms with Crippen molar-refractivity contribution < 1.29 is 24.0 Å². The predicted octanol–water partition coefficient (Wildman–Crippen LogP) is -0.231. The molecule has 1 aromatic heterocycles. The van der Waals surface area contributed by atoms with Crippen molar-refractivity contribution in [2.45, 2.75) is 50.7 Å². The maximum absolute atomic E-state index is 13.1. The van der Waals surface area contributed by atoms with Gasteiger partial charge in [0.15, 0.2) is 5.69 Å². The van der Waals surface area contributed by atoms with Gasteiger partial charge < -0.3 is 15.1 Å². The van der Waals surface area contributed by atoms with E-state index in [4.69, 9.17) is 0 Å². The molecule has 0 saturated carbocycles. The van der Waals surface area contributed by atoms with Crippen LogP contribution in [-0.2, 0) is 20.9 Å². The highest BCUT2D eigenvalue weighted by atomic mass is 16.2. The highest BCUT2D eigenvalue weighted by molar-refractivity contribution is 6.05. The summed E-state index contributed by atoms with van der Waals surface area (Å²) in [4.78, 5) is 65.0. The van der Waals surface area contributed by atoms with Crippen molar-refractivity contribution in [3.05, 3.63) is 41.2 Å². The molecule has 36 heavy (non-hydrogen) atoms. The molecule has 3 saturated heterocycles. The SMILES string of the molecule is O=C1CCC(N2Cc3ccc(-n4cc(C(=O)N5CC6CCCC(=O)NC6C5)nn4)cc3C2=O)C(=O)N1. The number of aromatic nitrogens is 3. The van der Waals surface area contributed by atoms with E-state index in [2.05, 4.69) is 20.9 Å². The quantitative estimate of drug-likeness (QED) is 0.564. The van der Waals surface area contributed by atoms with Crippen molar-refractivity contribution in [3.8, 4) is 5.69 Å². The van der Waals surface area contributed by atoms with Crippen molar-refractivity contribution in [3.63, 3.8) is 0 Å². The first kappa shape index (κ1) is 22.4. The third kappa shape index (κ3) is 3.82. The van der Waals surface area contributed by atoms with Gasteiger partial charge in [-0.2, -0.15) is 0 Å². The fourth-order valence-corrected chi connectivity index (χ4v) is 5.63. The van der Waals surface area contributed by atoms with Crippen LogP contribution in [0.4, 0.5) is 0 Å². The third-order valence-electron chi connectivity index (χ3n) is 7.54. The maximum atomic E-state index is 13.1. The van der Waals surface area contributed by atoms with Gasteiger partial charge in [-0.1, -0.05) is 11.3 Å². The third-order valence-corrected chi connectivity index (χ3v) is 7.54. The Labute approximate surface area is 206 Å². The molecule has 6 rings (SSSR count). The second-order valence-corrected chi connectivity index (χ2v) is 9.83. The monoisotopic (exact) mass is 491 g/mol. The van der Waals surface area contributed by atoms with Gasteiger partial charge in [0.1, 0.15) is 6.04 Å². The number of likely N-dealkylation sites (tertiary alicyclic amines) is 1. The molecule has 5 amide bonds. The lowest BCUT2D eigenvalue weighted by Gasteiger charge is -2.29. The molecule has 3 fully saturated rings. The zero-order valence-corrected chi connectivity index (χ0v) is 19.5. The summed E-state index contributed by atoms with van der Waals surface area (Å²) in [5.41, 5.74) is 1.99. The second-order valence-electron chi connectivity index (χ2n) is 9.83. The average molecular weight is 492 g/mol. The molecule has 0 spiro atoms. The minimum absolute atomic E-state index is 0.0325. The number of fused-ring (bicyclic) bond motifs is 2. The summed E-state index contributed by atoms with van der Waals surface area (Å²) in [5.74, 6) is -1.04. The Morgan fingerprint density at radius 2 is 1.89 bits per heavy atom. The molecule has 12 heteroatoms. The number of piperidine rings is 1. The first-order chi connectivity index (χ1) is 17.4. The Morgan fingerprint density at radius 1 is 1.03 bits per heavy atom. The molecule has 4 aliphatic heterocycles. The zero-order chi connectivity index (χ0) is 25.0. The number of nitrogens with one attached hydrogen (secondary N) is 2. The van der Waals surface area contributed by atoms with Crippen LogP contribution in [0.25, 0.3) is 5.69 Å². The summed E-state index contributed by atoms with van der Waals surface area (Å²) in [6, 6.07) is 4.55. The van der Waals surface area contributed by atoms with Crippen LogP contribution in [0.5, 0.6) is 0 Å². The first-order valence-electron chi connectivity index (χ1n) is 12.2. The molecule has 3 atom stereocenters. The molecular weight excluding hydrogens is 466 g/mol. The van der Waals surface area contributed by atoms with Crippen LogP contribution in [0.15, 0.2) is 24.4 Å². The fraction of sp³-hybridized carbons (Fsp3) is 0.458. The largest absolute Gasteiger partial charge is 0.351 e. The molecule has 186 valence electrons. The molecule has 5 heterocycles. The second kappa shape index (κ2) is 8.54. The molecule has 3 unspecified atom stereocenters. The van der Waals surface area contributed by atoms with E-state index >= 15 is 0 Å². The van der Waals surface area contributed by atoms with Gasteiger partial charge in [-0.3, -0.25) is 29.3 Å². The van der Waals surface area contributed by atoms with Crippen LogP contribution >= 0.6 is 0 Å². The van der Waals surface area contributed by atoms with Crippen molar-refractivity contribution in [1.29, 1.82) is 0 Å². The summed E-state index contributed by atoms with van der Waals surface area (Å²) < 4.78 is 1.45. The molecule has 12 nitrogen and oxygen atoms in total. The Bertz CT molecular complexity index is 1300. The lowest BCUT2D eigenvalue weighted by Crippen LogP contribution is -2.52. The number of carbonyl (C=O) groups excluding carboxylic acids is 5. The van der Waals surface area contributed by atoms with E-state index in [0.29, 0.717) is 37.2 Å². The Morgan fingerprint density at radius 3 is 2.72 bits per heavy atom. The Balaban J connectivity index is 1.17. The highest BCUT2D eigenvalue weighted by Crippen LogP contribution is 2.29. The first-order valence-corrected chi connectivity index (χ1v) is 12.2. The summed E-state index contributed by atoms with van der Waals surface area (Å²) in [7, 11) is 0.